The zero-order valence-corrected chi connectivity index (χ0v) is 19.7. The van der Waals surface area contributed by atoms with E-state index >= 15 is 0 Å². The first-order valence-electron chi connectivity index (χ1n) is 9.78. The van der Waals surface area contributed by atoms with Crippen LogP contribution in [0, 0.1) is 13.8 Å². The topological polar surface area (TPSA) is 54.2 Å². The van der Waals surface area contributed by atoms with Gasteiger partial charge in [-0.25, -0.2) is 9.98 Å². The molecule has 5 nitrogen and oxygen atoms in total. The molecule has 1 aromatic heterocycles. The number of hydrogen-bond acceptors (Lipinski definition) is 2. The number of rotatable bonds is 7. The van der Waals surface area contributed by atoms with Crippen molar-refractivity contribution in [1.29, 1.82) is 0 Å². The second-order valence-electron chi connectivity index (χ2n) is 6.90. The first kappa shape index (κ1) is 22.9. The Bertz CT molecular complexity index is 932. The number of aryl methyl sites for hydroxylation is 2. The van der Waals surface area contributed by atoms with E-state index in [9.17, 15) is 0 Å². The first-order valence-corrected chi connectivity index (χ1v) is 9.78. The predicted octanol–water partition coefficient (Wildman–Crippen LogP) is 4.42. The summed E-state index contributed by atoms with van der Waals surface area (Å²) in [5.74, 6) is 1.86. The maximum absolute atomic E-state index is 4.76. The largest absolute Gasteiger partial charge is 0.357 e. The molecule has 0 aliphatic carbocycles. The molecule has 0 saturated carbocycles. The molecule has 0 spiro atoms. The van der Waals surface area contributed by atoms with Crippen LogP contribution in [-0.2, 0) is 19.6 Å². The summed E-state index contributed by atoms with van der Waals surface area (Å²) < 4.78 is 2.15. The summed E-state index contributed by atoms with van der Waals surface area (Å²) in [6, 6.07) is 17.0. The van der Waals surface area contributed by atoms with Gasteiger partial charge in [-0.05, 0) is 43.0 Å². The van der Waals surface area contributed by atoms with Gasteiger partial charge in [-0.3, -0.25) is 0 Å². The van der Waals surface area contributed by atoms with Gasteiger partial charge in [-0.2, -0.15) is 0 Å². The number of aromatic nitrogens is 2. The normalized spacial score (nSPS) is 11.1. The van der Waals surface area contributed by atoms with E-state index in [1.54, 1.807) is 0 Å². The molecule has 2 N–H and O–H groups in total. The standard InChI is InChI=1S/C23H29N5.HI/c1-4-24-23(27-16-22-11-6-5-8-18(22)2)26-15-20-9-7-10-21(14-20)17-28-13-12-25-19(28)3;/h5-14H,4,15-17H2,1-3H3,(H2,24,26,27);1H. The second-order valence-corrected chi connectivity index (χ2v) is 6.90. The van der Waals surface area contributed by atoms with Crippen molar-refractivity contribution in [1.82, 2.24) is 20.2 Å². The number of guanidine groups is 1. The maximum atomic E-state index is 4.76. The number of halogens is 1. The molecule has 2 aromatic carbocycles. The van der Waals surface area contributed by atoms with Crippen molar-refractivity contribution in [3.8, 4) is 0 Å². The van der Waals surface area contributed by atoms with Crippen molar-refractivity contribution in [2.24, 2.45) is 4.99 Å². The average molecular weight is 503 g/mol. The minimum absolute atomic E-state index is 0. The number of hydrogen-bond donors (Lipinski definition) is 2. The lowest BCUT2D eigenvalue weighted by atomic mass is 10.1. The van der Waals surface area contributed by atoms with Gasteiger partial charge in [0.05, 0.1) is 6.54 Å². The van der Waals surface area contributed by atoms with Crippen LogP contribution >= 0.6 is 24.0 Å². The Morgan fingerprint density at radius 2 is 1.83 bits per heavy atom. The Morgan fingerprint density at radius 1 is 1.03 bits per heavy atom. The van der Waals surface area contributed by atoms with Crippen LogP contribution < -0.4 is 10.6 Å². The molecule has 1 heterocycles. The quantitative estimate of drug-likeness (QED) is 0.285. The predicted molar refractivity (Wildman–Crippen MR) is 131 cm³/mol. The van der Waals surface area contributed by atoms with Crippen molar-refractivity contribution in [3.05, 3.63) is 89.0 Å². The molecule has 0 fully saturated rings. The summed E-state index contributed by atoms with van der Waals surface area (Å²) in [5.41, 5.74) is 5.02. The highest BCUT2D eigenvalue weighted by atomic mass is 127. The minimum Gasteiger partial charge on any atom is -0.357 e. The zero-order chi connectivity index (χ0) is 19.8. The summed E-state index contributed by atoms with van der Waals surface area (Å²) in [7, 11) is 0. The van der Waals surface area contributed by atoms with E-state index in [-0.39, 0.29) is 24.0 Å². The lowest BCUT2D eigenvalue weighted by molar-refractivity contribution is 0.760. The lowest BCUT2D eigenvalue weighted by Gasteiger charge is -2.13. The molecule has 0 saturated heterocycles. The van der Waals surface area contributed by atoms with Crippen LogP contribution in [0.4, 0.5) is 0 Å². The molecule has 29 heavy (non-hydrogen) atoms. The molecular weight excluding hydrogens is 473 g/mol. The van der Waals surface area contributed by atoms with E-state index in [0.717, 1.165) is 31.4 Å². The molecule has 0 aliphatic heterocycles. The summed E-state index contributed by atoms with van der Waals surface area (Å²) in [5, 5.41) is 6.76. The minimum atomic E-state index is 0. The van der Waals surface area contributed by atoms with Crippen LogP contribution in [0.2, 0.25) is 0 Å². The van der Waals surface area contributed by atoms with Crippen molar-refractivity contribution >= 4 is 29.9 Å². The molecule has 0 aliphatic rings. The van der Waals surface area contributed by atoms with Gasteiger partial charge in [0.15, 0.2) is 5.96 Å². The smallest absolute Gasteiger partial charge is 0.191 e. The van der Waals surface area contributed by atoms with Gasteiger partial charge >= 0.3 is 0 Å². The molecular formula is C23H30IN5. The third kappa shape index (κ3) is 6.88. The van der Waals surface area contributed by atoms with Gasteiger partial charge < -0.3 is 15.2 Å². The molecule has 3 rings (SSSR count). The van der Waals surface area contributed by atoms with E-state index in [0.29, 0.717) is 6.54 Å². The Labute approximate surface area is 190 Å². The average Bonchev–Trinajstić information content (AvgIpc) is 3.10. The molecule has 3 aromatic rings. The highest BCUT2D eigenvalue weighted by Gasteiger charge is 2.03. The van der Waals surface area contributed by atoms with Crippen molar-refractivity contribution in [2.45, 2.75) is 40.4 Å². The second kappa shape index (κ2) is 11.6. The number of nitrogens with zero attached hydrogens (tertiary/aromatic N) is 3. The van der Waals surface area contributed by atoms with Gasteiger partial charge in [-0.15, -0.1) is 24.0 Å². The molecule has 0 amide bonds. The van der Waals surface area contributed by atoms with E-state index < -0.39 is 0 Å². The summed E-state index contributed by atoms with van der Waals surface area (Å²) in [6.07, 6.45) is 3.85. The van der Waals surface area contributed by atoms with Crippen molar-refractivity contribution < 1.29 is 0 Å². The van der Waals surface area contributed by atoms with Gasteiger partial charge in [0.1, 0.15) is 5.82 Å². The van der Waals surface area contributed by atoms with Crippen LogP contribution in [0.15, 0.2) is 65.9 Å². The number of imidazole rings is 1. The summed E-state index contributed by atoms with van der Waals surface area (Å²) >= 11 is 0. The van der Waals surface area contributed by atoms with Crippen LogP contribution in [0.25, 0.3) is 0 Å². The third-order valence-electron chi connectivity index (χ3n) is 4.74. The van der Waals surface area contributed by atoms with Gasteiger partial charge in [0.2, 0.25) is 0 Å². The monoisotopic (exact) mass is 503 g/mol. The Kier molecular flexibility index (Phi) is 9.18. The fourth-order valence-electron chi connectivity index (χ4n) is 3.09. The Hall–Kier alpha value is -2.35. The van der Waals surface area contributed by atoms with E-state index in [2.05, 4.69) is 82.6 Å². The molecule has 0 bridgehead atoms. The molecule has 0 unspecified atom stereocenters. The van der Waals surface area contributed by atoms with Crippen molar-refractivity contribution in [2.75, 3.05) is 6.54 Å². The van der Waals surface area contributed by atoms with Crippen LogP contribution in [0.1, 0.15) is 35.0 Å². The Morgan fingerprint density at radius 3 is 2.55 bits per heavy atom. The third-order valence-corrected chi connectivity index (χ3v) is 4.74. The number of nitrogens with one attached hydrogen (secondary N) is 2. The molecule has 6 heteroatoms. The molecule has 0 radical (unpaired) electrons. The number of aliphatic imine (C=N–C) groups is 1. The highest BCUT2D eigenvalue weighted by molar-refractivity contribution is 14.0. The number of benzene rings is 2. The fourth-order valence-corrected chi connectivity index (χ4v) is 3.09. The van der Waals surface area contributed by atoms with Crippen LogP contribution in [0.3, 0.4) is 0 Å². The maximum Gasteiger partial charge on any atom is 0.191 e. The van der Waals surface area contributed by atoms with E-state index in [1.165, 1.54) is 22.3 Å². The molecule has 154 valence electrons. The lowest BCUT2D eigenvalue weighted by Crippen LogP contribution is -2.36. The summed E-state index contributed by atoms with van der Waals surface area (Å²) in [4.78, 5) is 9.05. The summed E-state index contributed by atoms with van der Waals surface area (Å²) in [6.45, 7) is 9.30. The highest BCUT2D eigenvalue weighted by Crippen LogP contribution is 2.10. The van der Waals surface area contributed by atoms with Gasteiger partial charge in [0, 0.05) is 32.0 Å². The fraction of sp³-hybridized carbons (Fsp3) is 0.304. The SMILES string of the molecule is CCNC(=NCc1cccc(Cn2ccnc2C)c1)NCc1ccccc1C.I. The van der Waals surface area contributed by atoms with Gasteiger partial charge in [-0.1, -0.05) is 48.5 Å². The molecule has 0 atom stereocenters. The zero-order valence-electron chi connectivity index (χ0n) is 17.4. The first-order chi connectivity index (χ1) is 13.7. The van der Waals surface area contributed by atoms with Crippen molar-refractivity contribution in [3.63, 3.8) is 0 Å². The van der Waals surface area contributed by atoms with E-state index in [4.69, 9.17) is 4.99 Å². The van der Waals surface area contributed by atoms with Crippen LogP contribution in [0.5, 0.6) is 0 Å². The van der Waals surface area contributed by atoms with E-state index in [1.807, 2.05) is 19.3 Å². The van der Waals surface area contributed by atoms with Gasteiger partial charge in [0.25, 0.3) is 0 Å². The van der Waals surface area contributed by atoms with Crippen LogP contribution in [-0.4, -0.2) is 22.1 Å². The Balaban J connectivity index is 0.00000300.